The van der Waals surface area contributed by atoms with E-state index in [0.717, 1.165) is 19.3 Å². The second-order valence-corrected chi connectivity index (χ2v) is 6.82. The molecule has 4 heteroatoms. The Bertz CT molecular complexity index is 527. The van der Waals surface area contributed by atoms with Crippen molar-refractivity contribution in [2.75, 3.05) is 0 Å². The SMILES string of the molecule is CC(=O)N[C@H]1CCC[C@H]2C(C)(C)C(=O)C(C#N)=C[C@]12C. The molecular formula is C16H22N2O2. The number of Topliss-reactive ketones (excluding diaryl/α,β-unsaturated/α-hetero) is 1. The van der Waals surface area contributed by atoms with Crippen molar-refractivity contribution in [2.24, 2.45) is 16.7 Å². The zero-order valence-corrected chi connectivity index (χ0v) is 12.6. The zero-order chi connectivity index (χ0) is 15.1. The van der Waals surface area contributed by atoms with Gasteiger partial charge in [0.25, 0.3) is 0 Å². The van der Waals surface area contributed by atoms with E-state index < -0.39 is 5.41 Å². The van der Waals surface area contributed by atoms with Crippen molar-refractivity contribution in [3.8, 4) is 6.07 Å². The number of amides is 1. The Morgan fingerprint density at radius 3 is 2.60 bits per heavy atom. The number of nitrogens with zero attached hydrogens (tertiary/aromatic N) is 1. The molecule has 0 spiro atoms. The molecule has 1 saturated carbocycles. The number of nitriles is 1. The molecule has 1 N–H and O–H groups in total. The molecular weight excluding hydrogens is 252 g/mol. The van der Waals surface area contributed by atoms with Crippen LogP contribution in [0.4, 0.5) is 0 Å². The van der Waals surface area contributed by atoms with Crippen molar-refractivity contribution in [2.45, 2.75) is 53.0 Å². The molecule has 2 aliphatic rings. The van der Waals surface area contributed by atoms with E-state index in [4.69, 9.17) is 0 Å². The average molecular weight is 274 g/mol. The molecule has 0 heterocycles. The number of carbonyl (C=O) groups is 2. The van der Waals surface area contributed by atoms with Gasteiger partial charge >= 0.3 is 0 Å². The third kappa shape index (κ3) is 2.06. The van der Waals surface area contributed by atoms with Crippen molar-refractivity contribution < 1.29 is 9.59 Å². The molecule has 1 fully saturated rings. The van der Waals surface area contributed by atoms with Gasteiger partial charge in [0.05, 0.1) is 5.57 Å². The van der Waals surface area contributed by atoms with Crippen LogP contribution in [0.25, 0.3) is 0 Å². The minimum atomic E-state index is -0.550. The molecule has 0 bridgehead atoms. The first-order valence-corrected chi connectivity index (χ1v) is 7.18. The molecule has 0 aromatic rings. The van der Waals surface area contributed by atoms with E-state index in [9.17, 15) is 14.9 Å². The van der Waals surface area contributed by atoms with Crippen LogP contribution in [0.15, 0.2) is 11.6 Å². The van der Waals surface area contributed by atoms with Gasteiger partial charge in [0.15, 0.2) is 5.78 Å². The predicted molar refractivity (Wildman–Crippen MR) is 75.5 cm³/mol. The molecule has 0 aromatic heterocycles. The van der Waals surface area contributed by atoms with Crippen LogP contribution in [0.3, 0.4) is 0 Å². The maximum absolute atomic E-state index is 12.4. The van der Waals surface area contributed by atoms with Gasteiger partial charge in [0.2, 0.25) is 5.91 Å². The molecule has 0 radical (unpaired) electrons. The number of hydrogen-bond acceptors (Lipinski definition) is 3. The van der Waals surface area contributed by atoms with Gasteiger partial charge in [-0.25, -0.2) is 0 Å². The first-order chi connectivity index (χ1) is 9.23. The molecule has 20 heavy (non-hydrogen) atoms. The van der Waals surface area contributed by atoms with Gasteiger partial charge < -0.3 is 5.32 Å². The second-order valence-electron chi connectivity index (χ2n) is 6.82. The van der Waals surface area contributed by atoms with Crippen LogP contribution >= 0.6 is 0 Å². The summed E-state index contributed by atoms with van der Waals surface area (Å²) in [5.41, 5.74) is -0.635. The van der Waals surface area contributed by atoms with Crippen molar-refractivity contribution in [3.63, 3.8) is 0 Å². The van der Waals surface area contributed by atoms with E-state index in [1.807, 2.05) is 26.0 Å². The highest BCUT2D eigenvalue weighted by molar-refractivity contribution is 6.04. The van der Waals surface area contributed by atoms with E-state index in [1.165, 1.54) is 6.92 Å². The van der Waals surface area contributed by atoms with Gasteiger partial charge in [-0.2, -0.15) is 5.26 Å². The largest absolute Gasteiger partial charge is 0.353 e. The number of nitrogens with one attached hydrogen (secondary N) is 1. The van der Waals surface area contributed by atoms with Gasteiger partial charge in [-0.05, 0) is 18.8 Å². The lowest BCUT2D eigenvalue weighted by atomic mass is 9.51. The van der Waals surface area contributed by atoms with Crippen LogP contribution in [-0.4, -0.2) is 17.7 Å². The Morgan fingerprint density at radius 2 is 2.05 bits per heavy atom. The summed E-state index contributed by atoms with van der Waals surface area (Å²) >= 11 is 0. The molecule has 2 aliphatic carbocycles. The maximum Gasteiger partial charge on any atom is 0.217 e. The highest BCUT2D eigenvalue weighted by atomic mass is 16.1. The molecule has 3 atom stereocenters. The molecule has 0 unspecified atom stereocenters. The maximum atomic E-state index is 12.4. The number of hydrogen-bond donors (Lipinski definition) is 1. The summed E-state index contributed by atoms with van der Waals surface area (Å²) in [6, 6.07) is 2.04. The lowest BCUT2D eigenvalue weighted by Gasteiger charge is -2.54. The minimum absolute atomic E-state index is 0.00512. The van der Waals surface area contributed by atoms with Gasteiger partial charge in [0.1, 0.15) is 6.07 Å². The number of ketones is 1. The monoisotopic (exact) mass is 274 g/mol. The van der Waals surface area contributed by atoms with Gasteiger partial charge in [-0.15, -0.1) is 0 Å². The second kappa shape index (κ2) is 4.73. The summed E-state index contributed by atoms with van der Waals surface area (Å²) in [6.07, 6.45) is 4.66. The molecule has 108 valence electrons. The Morgan fingerprint density at radius 1 is 1.40 bits per heavy atom. The Labute approximate surface area is 120 Å². The fourth-order valence-electron chi connectivity index (χ4n) is 4.17. The number of fused-ring (bicyclic) bond motifs is 1. The topological polar surface area (TPSA) is 70.0 Å². The smallest absolute Gasteiger partial charge is 0.217 e. The van der Waals surface area contributed by atoms with E-state index >= 15 is 0 Å². The van der Waals surface area contributed by atoms with Gasteiger partial charge in [-0.1, -0.05) is 33.3 Å². The van der Waals surface area contributed by atoms with Crippen LogP contribution < -0.4 is 5.32 Å². The number of allylic oxidation sites excluding steroid dienone is 1. The first-order valence-electron chi connectivity index (χ1n) is 7.18. The summed E-state index contributed by atoms with van der Waals surface area (Å²) in [7, 11) is 0. The molecule has 2 rings (SSSR count). The standard InChI is InChI=1S/C16H22N2O2/c1-10(19)18-13-7-5-6-12-15(2,3)14(20)11(9-17)8-16(12,13)4/h8,12-13H,5-7H2,1-4H3,(H,18,19)/t12-,13-,16-/m0/s1. The molecule has 4 nitrogen and oxygen atoms in total. The van der Waals surface area contributed by atoms with E-state index in [1.54, 1.807) is 0 Å². The average Bonchev–Trinajstić information content (AvgIpc) is 2.36. The molecule has 0 aliphatic heterocycles. The lowest BCUT2D eigenvalue weighted by molar-refractivity contribution is -0.132. The van der Waals surface area contributed by atoms with Crippen LogP contribution in [0.2, 0.25) is 0 Å². The fraction of sp³-hybridized carbons (Fsp3) is 0.688. The summed E-state index contributed by atoms with van der Waals surface area (Å²) < 4.78 is 0. The Balaban J connectivity index is 2.52. The number of carbonyl (C=O) groups excluding carboxylic acids is 2. The zero-order valence-electron chi connectivity index (χ0n) is 12.6. The molecule has 0 saturated heterocycles. The minimum Gasteiger partial charge on any atom is -0.353 e. The summed E-state index contributed by atoms with van der Waals surface area (Å²) in [4.78, 5) is 23.9. The first kappa shape index (κ1) is 14.8. The van der Waals surface area contributed by atoms with Crippen LogP contribution in [0, 0.1) is 28.1 Å². The van der Waals surface area contributed by atoms with Crippen molar-refractivity contribution in [1.29, 1.82) is 5.26 Å². The van der Waals surface area contributed by atoms with Crippen LogP contribution in [0.1, 0.15) is 47.0 Å². The summed E-state index contributed by atoms with van der Waals surface area (Å²) in [6.45, 7) is 7.45. The van der Waals surface area contributed by atoms with Gasteiger partial charge in [0, 0.05) is 23.8 Å². The van der Waals surface area contributed by atoms with Crippen molar-refractivity contribution >= 4 is 11.7 Å². The molecule has 1 amide bonds. The number of rotatable bonds is 1. The highest BCUT2D eigenvalue weighted by Gasteiger charge is 2.55. The lowest BCUT2D eigenvalue weighted by Crippen LogP contribution is -2.58. The van der Waals surface area contributed by atoms with E-state index in [0.29, 0.717) is 0 Å². The van der Waals surface area contributed by atoms with Crippen molar-refractivity contribution in [3.05, 3.63) is 11.6 Å². The fourth-order valence-corrected chi connectivity index (χ4v) is 4.17. The highest BCUT2D eigenvalue weighted by Crippen LogP contribution is 2.55. The van der Waals surface area contributed by atoms with Gasteiger partial charge in [-0.3, -0.25) is 9.59 Å². The third-order valence-corrected chi connectivity index (χ3v) is 5.14. The van der Waals surface area contributed by atoms with Crippen LogP contribution in [0.5, 0.6) is 0 Å². The Hall–Kier alpha value is -1.63. The Kier molecular flexibility index (Phi) is 3.49. The molecule has 0 aromatic carbocycles. The summed E-state index contributed by atoms with van der Waals surface area (Å²) in [5, 5.41) is 12.3. The van der Waals surface area contributed by atoms with E-state index in [2.05, 4.69) is 12.2 Å². The van der Waals surface area contributed by atoms with E-state index in [-0.39, 0.29) is 34.6 Å². The predicted octanol–water partition coefficient (Wildman–Crippen LogP) is 2.36. The summed E-state index contributed by atoms with van der Waals surface area (Å²) in [5.74, 6) is 0.0367. The van der Waals surface area contributed by atoms with Crippen molar-refractivity contribution in [1.82, 2.24) is 5.32 Å². The third-order valence-electron chi connectivity index (χ3n) is 5.14. The van der Waals surface area contributed by atoms with Crippen LogP contribution in [-0.2, 0) is 9.59 Å². The quantitative estimate of drug-likeness (QED) is 0.798. The normalized spacial score (nSPS) is 35.5.